The van der Waals surface area contributed by atoms with Crippen molar-refractivity contribution in [2.75, 3.05) is 37.5 Å². The van der Waals surface area contributed by atoms with E-state index in [0.717, 1.165) is 12.3 Å². The number of nitrogens with one attached hydrogen (secondary N) is 1. The van der Waals surface area contributed by atoms with Gasteiger partial charge in [0.15, 0.2) is 0 Å². The molecule has 0 aliphatic rings. The Bertz CT molecular complexity index is 373. The predicted molar refractivity (Wildman–Crippen MR) is 70.9 cm³/mol. The molecule has 1 aromatic carbocycles. The average molecular weight is 256 g/mol. The summed E-state index contributed by atoms with van der Waals surface area (Å²) in [5.41, 5.74) is 0.232. The predicted octanol–water partition coefficient (Wildman–Crippen LogP) is 2.06. The van der Waals surface area contributed by atoms with E-state index < -0.39 is 5.82 Å². The van der Waals surface area contributed by atoms with Crippen LogP contribution in [0.15, 0.2) is 24.3 Å². The van der Waals surface area contributed by atoms with E-state index in [1.807, 2.05) is 18.2 Å². The van der Waals surface area contributed by atoms with Crippen LogP contribution in [-0.2, 0) is 4.79 Å². The van der Waals surface area contributed by atoms with Gasteiger partial charge >= 0.3 is 0 Å². The molecule has 0 aromatic heterocycles. The molecule has 17 heavy (non-hydrogen) atoms. The number of hydrogen-bond acceptors (Lipinski definition) is 3. The second-order valence-corrected chi connectivity index (χ2v) is 4.74. The van der Waals surface area contributed by atoms with Gasteiger partial charge in [-0.3, -0.25) is 9.69 Å². The maximum Gasteiger partial charge on any atom is 0.238 e. The van der Waals surface area contributed by atoms with Crippen molar-refractivity contribution in [1.29, 1.82) is 0 Å². The van der Waals surface area contributed by atoms with Crippen LogP contribution in [0.4, 0.5) is 10.1 Å². The number of nitrogens with zero attached hydrogens (tertiary/aromatic N) is 1. The number of carbonyl (C=O) groups excluding carboxylic acids is 1. The van der Waals surface area contributed by atoms with Gasteiger partial charge in [-0.05, 0) is 25.4 Å². The van der Waals surface area contributed by atoms with Crippen molar-refractivity contribution < 1.29 is 9.18 Å². The minimum atomic E-state index is -0.410. The van der Waals surface area contributed by atoms with Crippen molar-refractivity contribution in [3.05, 3.63) is 30.1 Å². The number of amides is 1. The third-order valence-corrected chi connectivity index (χ3v) is 2.83. The van der Waals surface area contributed by atoms with Crippen molar-refractivity contribution in [2.45, 2.75) is 0 Å². The second-order valence-electron chi connectivity index (χ2n) is 3.76. The quantitative estimate of drug-likeness (QED) is 0.845. The molecule has 3 nitrogen and oxygen atoms in total. The molecule has 1 N–H and O–H groups in total. The molecule has 0 saturated carbocycles. The molecule has 0 saturated heterocycles. The van der Waals surface area contributed by atoms with Gasteiger partial charge in [0, 0.05) is 12.3 Å². The zero-order valence-electron chi connectivity index (χ0n) is 10.1. The molecule has 0 radical (unpaired) electrons. The molecule has 1 aromatic rings. The molecule has 0 heterocycles. The number of halogens is 1. The third kappa shape index (κ3) is 5.19. The summed E-state index contributed by atoms with van der Waals surface area (Å²) in [7, 11) is 1.87. The fourth-order valence-electron chi connectivity index (χ4n) is 1.32. The van der Waals surface area contributed by atoms with Crippen molar-refractivity contribution in [1.82, 2.24) is 4.90 Å². The first-order chi connectivity index (χ1) is 8.13. The molecular weight excluding hydrogens is 239 g/mol. The van der Waals surface area contributed by atoms with Crippen LogP contribution >= 0.6 is 11.8 Å². The highest BCUT2D eigenvalue weighted by Gasteiger charge is 2.08. The Kier molecular flexibility index (Phi) is 6.00. The monoisotopic (exact) mass is 256 g/mol. The maximum absolute atomic E-state index is 13.3. The zero-order chi connectivity index (χ0) is 12.7. The van der Waals surface area contributed by atoms with Gasteiger partial charge in [-0.1, -0.05) is 12.1 Å². The minimum Gasteiger partial charge on any atom is -0.322 e. The standard InChI is InChI=1S/C12H17FN2OS/c1-15(7-8-17-2)9-12(16)14-11-6-4-3-5-10(11)13/h3-6H,7-9H2,1-2H3,(H,14,16). The Labute approximate surface area is 105 Å². The molecule has 1 rings (SSSR count). The Hall–Kier alpha value is -1.07. The van der Waals surface area contributed by atoms with Crippen LogP contribution in [0.1, 0.15) is 0 Å². The van der Waals surface area contributed by atoms with Crippen molar-refractivity contribution >= 4 is 23.4 Å². The molecule has 1 amide bonds. The topological polar surface area (TPSA) is 32.3 Å². The number of hydrogen-bond donors (Lipinski definition) is 1. The third-order valence-electron chi connectivity index (χ3n) is 2.24. The fourth-order valence-corrected chi connectivity index (χ4v) is 1.82. The lowest BCUT2D eigenvalue weighted by molar-refractivity contribution is -0.117. The highest BCUT2D eigenvalue weighted by Crippen LogP contribution is 2.11. The van der Waals surface area contributed by atoms with Gasteiger partial charge in [0.05, 0.1) is 12.2 Å². The number of anilines is 1. The summed E-state index contributed by atoms with van der Waals surface area (Å²) in [5.74, 6) is 0.370. The first-order valence-electron chi connectivity index (χ1n) is 5.35. The maximum atomic E-state index is 13.3. The van der Waals surface area contributed by atoms with Gasteiger partial charge in [0.2, 0.25) is 5.91 Å². The Morgan fingerprint density at radius 1 is 1.47 bits per heavy atom. The van der Waals surface area contributed by atoms with Crippen LogP contribution in [0.2, 0.25) is 0 Å². The number of benzene rings is 1. The lowest BCUT2D eigenvalue weighted by atomic mass is 10.3. The smallest absolute Gasteiger partial charge is 0.238 e. The van der Waals surface area contributed by atoms with Crippen LogP contribution < -0.4 is 5.32 Å². The summed E-state index contributed by atoms with van der Waals surface area (Å²) in [6.45, 7) is 1.11. The van der Waals surface area contributed by atoms with Gasteiger partial charge in [0.25, 0.3) is 0 Å². The molecule has 0 fully saturated rings. The average Bonchev–Trinajstić information content (AvgIpc) is 2.29. The summed E-state index contributed by atoms with van der Waals surface area (Å²) in [6, 6.07) is 6.16. The zero-order valence-corrected chi connectivity index (χ0v) is 10.9. The lowest BCUT2D eigenvalue weighted by Gasteiger charge is -2.15. The Morgan fingerprint density at radius 2 is 2.18 bits per heavy atom. The molecule has 0 bridgehead atoms. The summed E-state index contributed by atoms with van der Waals surface area (Å²) in [5, 5.41) is 2.56. The first-order valence-corrected chi connectivity index (χ1v) is 6.74. The summed E-state index contributed by atoms with van der Waals surface area (Å²) in [4.78, 5) is 13.5. The number of carbonyl (C=O) groups is 1. The molecule has 5 heteroatoms. The van der Waals surface area contributed by atoms with E-state index in [4.69, 9.17) is 0 Å². The highest BCUT2D eigenvalue weighted by atomic mass is 32.2. The van der Waals surface area contributed by atoms with E-state index in [9.17, 15) is 9.18 Å². The number of likely N-dealkylation sites (N-methyl/N-ethyl adjacent to an activating group) is 1. The molecule has 0 aliphatic heterocycles. The summed E-state index contributed by atoms with van der Waals surface area (Å²) >= 11 is 1.73. The van der Waals surface area contributed by atoms with Crippen LogP contribution in [-0.4, -0.2) is 43.0 Å². The van der Waals surface area contributed by atoms with E-state index >= 15 is 0 Å². The summed E-state index contributed by atoms with van der Waals surface area (Å²) in [6.07, 6.45) is 2.02. The van der Waals surface area contributed by atoms with Crippen molar-refractivity contribution in [3.8, 4) is 0 Å². The SMILES string of the molecule is CSCCN(C)CC(=O)Nc1ccccc1F. The Morgan fingerprint density at radius 3 is 2.82 bits per heavy atom. The molecule has 0 aliphatic carbocycles. The molecule has 0 unspecified atom stereocenters. The van der Waals surface area contributed by atoms with Crippen LogP contribution in [0, 0.1) is 5.82 Å². The van der Waals surface area contributed by atoms with Crippen LogP contribution in [0.25, 0.3) is 0 Å². The molecular formula is C12H17FN2OS. The minimum absolute atomic E-state index is 0.196. The van der Waals surface area contributed by atoms with Gasteiger partial charge in [-0.15, -0.1) is 0 Å². The number of para-hydroxylation sites is 1. The summed E-state index contributed by atoms with van der Waals surface area (Å²) < 4.78 is 13.3. The number of thioether (sulfide) groups is 1. The normalized spacial score (nSPS) is 10.6. The van der Waals surface area contributed by atoms with Crippen molar-refractivity contribution in [2.24, 2.45) is 0 Å². The Balaban J connectivity index is 2.42. The van der Waals surface area contributed by atoms with Gasteiger partial charge < -0.3 is 5.32 Å². The van der Waals surface area contributed by atoms with E-state index in [1.165, 1.54) is 6.07 Å². The van der Waals surface area contributed by atoms with E-state index in [2.05, 4.69) is 5.32 Å². The van der Waals surface area contributed by atoms with Crippen LogP contribution in [0.5, 0.6) is 0 Å². The number of rotatable bonds is 6. The van der Waals surface area contributed by atoms with E-state index in [-0.39, 0.29) is 18.1 Å². The van der Waals surface area contributed by atoms with Gasteiger partial charge in [-0.2, -0.15) is 11.8 Å². The second kappa shape index (κ2) is 7.29. The van der Waals surface area contributed by atoms with Crippen molar-refractivity contribution in [3.63, 3.8) is 0 Å². The lowest BCUT2D eigenvalue weighted by Crippen LogP contribution is -2.31. The molecule has 94 valence electrons. The first kappa shape index (κ1) is 14.0. The molecule has 0 spiro atoms. The fraction of sp³-hybridized carbons (Fsp3) is 0.417. The highest BCUT2D eigenvalue weighted by molar-refractivity contribution is 7.98. The van der Waals surface area contributed by atoms with Crippen LogP contribution in [0.3, 0.4) is 0 Å². The molecule has 0 atom stereocenters. The van der Waals surface area contributed by atoms with Gasteiger partial charge in [0.1, 0.15) is 5.82 Å². The van der Waals surface area contributed by atoms with E-state index in [1.54, 1.807) is 30.0 Å². The van der Waals surface area contributed by atoms with E-state index in [0.29, 0.717) is 0 Å². The van der Waals surface area contributed by atoms with Gasteiger partial charge in [-0.25, -0.2) is 4.39 Å². The largest absolute Gasteiger partial charge is 0.322 e.